The smallest absolute Gasteiger partial charge is 0.313 e. The Morgan fingerprint density at radius 2 is 1.92 bits per heavy atom. The molecule has 0 N–H and O–H groups in total. The number of cyclic esters (lactones) is 1. The number of pyridine rings is 1. The quantitative estimate of drug-likeness (QED) is 0.408. The number of nitrogens with zero attached hydrogens (tertiary/aromatic N) is 2. The van der Waals surface area contributed by atoms with Crippen LogP contribution in [-0.2, 0) is 19.1 Å². The molecule has 4 rings (SSSR count). The van der Waals surface area contributed by atoms with Crippen molar-refractivity contribution in [1.29, 1.82) is 5.26 Å². The average molecular weight is 537 g/mol. The van der Waals surface area contributed by atoms with Gasteiger partial charge in [0.05, 0.1) is 28.7 Å². The first kappa shape index (κ1) is 28.4. The van der Waals surface area contributed by atoms with Crippen molar-refractivity contribution in [3.8, 4) is 17.2 Å². The van der Waals surface area contributed by atoms with Crippen LogP contribution in [0.5, 0.6) is 0 Å². The van der Waals surface area contributed by atoms with Crippen LogP contribution in [0, 0.1) is 40.4 Å². The van der Waals surface area contributed by atoms with E-state index >= 15 is 8.78 Å². The van der Waals surface area contributed by atoms with Crippen LogP contribution in [0.2, 0.25) is 0 Å². The number of halogens is 2. The Morgan fingerprint density at radius 1 is 1.23 bits per heavy atom. The lowest BCUT2D eigenvalue weighted by molar-refractivity contribution is -0.193. The van der Waals surface area contributed by atoms with Gasteiger partial charge in [-0.3, -0.25) is 14.6 Å². The lowest BCUT2D eigenvalue weighted by atomic mass is 9.52. The Hall–Kier alpha value is -3.60. The van der Waals surface area contributed by atoms with Crippen molar-refractivity contribution in [1.82, 2.24) is 4.98 Å². The highest BCUT2D eigenvalue weighted by molar-refractivity contribution is 5.88. The molecule has 0 amide bonds. The first-order chi connectivity index (χ1) is 18.2. The standard InChI is InChI=1S/C31H34F2N2O4/c1-18-24(14-13-23-12-11-22(16-35-23)25-10-8-7-9-21(25)15-34)26-20(3)38-28(37)30(26,17-31(18,32)33)19(2)27(36)39-29(4,5)6/h7-14,16,18-20,24,26H,17H2,1-6H3/b14-13+/t18-,19+,20+,24-,26-,30-/m0/s1. The van der Waals surface area contributed by atoms with E-state index in [1.54, 1.807) is 64.2 Å². The highest BCUT2D eigenvalue weighted by Crippen LogP contribution is 2.62. The van der Waals surface area contributed by atoms with Gasteiger partial charge < -0.3 is 9.47 Å². The summed E-state index contributed by atoms with van der Waals surface area (Å²) in [6.07, 6.45) is 3.54. The molecule has 6 nitrogen and oxygen atoms in total. The summed E-state index contributed by atoms with van der Waals surface area (Å²) in [4.78, 5) is 30.8. The van der Waals surface area contributed by atoms with Crippen LogP contribution in [0.4, 0.5) is 8.78 Å². The van der Waals surface area contributed by atoms with Crippen LogP contribution in [0.15, 0.2) is 48.7 Å². The molecule has 0 radical (unpaired) electrons. The number of alkyl halides is 2. The van der Waals surface area contributed by atoms with Gasteiger partial charge in [0.25, 0.3) is 5.92 Å². The topological polar surface area (TPSA) is 89.3 Å². The third-order valence-corrected chi connectivity index (χ3v) is 8.13. The molecule has 2 aliphatic rings. The Bertz CT molecular complexity index is 1330. The monoisotopic (exact) mass is 536 g/mol. The minimum Gasteiger partial charge on any atom is -0.462 e. The van der Waals surface area contributed by atoms with E-state index in [0.717, 1.165) is 11.1 Å². The molecule has 0 bridgehead atoms. The first-order valence-corrected chi connectivity index (χ1v) is 13.2. The lowest BCUT2D eigenvalue weighted by Crippen LogP contribution is -2.57. The second-order valence-electron chi connectivity index (χ2n) is 11.7. The fourth-order valence-corrected chi connectivity index (χ4v) is 6.11. The predicted octanol–water partition coefficient (Wildman–Crippen LogP) is 6.45. The van der Waals surface area contributed by atoms with E-state index in [4.69, 9.17) is 9.47 Å². The number of hydrogen-bond acceptors (Lipinski definition) is 6. The highest BCUT2D eigenvalue weighted by Gasteiger charge is 2.71. The number of rotatable bonds is 5. The fraction of sp³-hybridized carbons (Fsp3) is 0.484. The van der Waals surface area contributed by atoms with Gasteiger partial charge in [0.2, 0.25) is 0 Å². The average Bonchev–Trinajstić information content (AvgIpc) is 3.12. The molecule has 6 atom stereocenters. The lowest BCUT2D eigenvalue weighted by Gasteiger charge is -2.49. The molecule has 1 aromatic heterocycles. The molecule has 0 spiro atoms. The predicted molar refractivity (Wildman–Crippen MR) is 142 cm³/mol. The van der Waals surface area contributed by atoms with E-state index in [9.17, 15) is 14.9 Å². The van der Waals surface area contributed by atoms with Gasteiger partial charge in [-0.25, -0.2) is 8.78 Å². The van der Waals surface area contributed by atoms with E-state index in [-0.39, 0.29) is 0 Å². The zero-order chi connectivity index (χ0) is 28.8. The van der Waals surface area contributed by atoms with E-state index in [0.29, 0.717) is 11.3 Å². The number of nitriles is 1. The van der Waals surface area contributed by atoms with Gasteiger partial charge in [-0.05, 0) is 51.8 Å². The number of carbonyl (C=O) groups is 2. The van der Waals surface area contributed by atoms with Gasteiger partial charge in [-0.2, -0.15) is 5.26 Å². The third kappa shape index (κ3) is 5.19. The van der Waals surface area contributed by atoms with Crippen molar-refractivity contribution in [2.24, 2.45) is 29.1 Å². The van der Waals surface area contributed by atoms with Gasteiger partial charge in [0.15, 0.2) is 0 Å². The minimum atomic E-state index is -3.22. The van der Waals surface area contributed by atoms with Crippen molar-refractivity contribution in [3.63, 3.8) is 0 Å². The zero-order valence-electron chi connectivity index (χ0n) is 23.1. The molecular formula is C31H34F2N2O4. The molecule has 0 unspecified atom stereocenters. The molecule has 1 saturated heterocycles. The number of hydrogen-bond donors (Lipinski definition) is 0. The molecule has 2 aromatic rings. The van der Waals surface area contributed by atoms with Crippen LogP contribution in [0.25, 0.3) is 17.2 Å². The van der Waals surface area contributed by atoms with Crippen LogP contribution in [-0.4, -0.2) is 34.6 Å². The number of benzene rings is 1. The van der Waals surface area contributed by atoms with Gasteiger partial charge in [0, 0.05) is 35.6 Å². The van der Waals surface area contributed by atoms with Gasteiger partial charge >= 0.3 is 11.9 Å². The zero-order valence-corrected chi connectivity index (χ0v) is 23.1. The molecule has 1 saturated carbocycles. The fourth-order valence-electron chi connectivity index (χ4n) is 6.11. The summed E-state index contributed by atoms with van der Waals surface area (Å²) in [7, 11) is 0. The molecular weight excluding hydrogens is 502 g/mol. The highest BCUT2D eigenvalue weighted by atomic mass is 19.3. The second-order valence-corrected chi connectivity index (χ2v) is 11.7. The Balaban J connectivity index is 1.69. The molecule has 1 aliphatic carbocycles. The maximum absolute atomic E-state index is 15.6. The largest absolute Gasteiger partial charge is 0.462 e. The van der Waals surface area contributed by atoms with Crippen molar-refractivity contribution >= 4 is 18.0 Å². The Labute approximate surface area is 228 Å². The Kier molecular flexibility index (Phi) is 7.41. The molecule has 2 fully saturated rings. The van der Waals surface area contributed by atoms with E-state index in [2.05, 4.69) is 11.1 Å². The number of aromatic nitrogens is 1. The SMILES string of the molecule is C[C@H](C(=O)OC(C)(C)C)[C@@]12CC(F)(F)[C@@H](C)[C@H](/C=C/c3ccc(-c4ccccc4C#N)cn3)[C@@H]1[C@@H](C)OC2=O. The normalized spacial score (nSPS) is 28.8. The van der Waals surface area contributed by atoms with Crippen molar-refractivity contribution < 1.29 is 27.8 Å². The number of fused-ring (bicyclic) bond motifs is 1. The summed E-state index contributed by atoms with van der Waals surface area (Å²) in [6.45, 7) is 9.76. The maximum Gasteiger partial charge on any atom is 0.313 e. The number of allylic oxidation sites excluding steroid dienone is 1. The second kappa shape index (κ2) is 10.2. The summed E-state index contributed by atoms with van der Waals surface area (Å²) in [6, 6.07) is 12.9. The Morgan fingerprint density at radius 3 is 2.54 bits per heavy atom. The van der Waals surface area contributed by atoms with Gasteiger partial charge in [0.1, 0.15) is 11.7 Å². The van der Waals surface area contributed by atoms with Crippen LogP contribution < -0.4 is 0 Å². The first-order valence-electron chi connectivity index (χ1n) is 13.2. The number of carbonyl (C=O) groups excluding carboxylic acids is 2. The number of esters is 2. The van der Waals surface area contributed by atoms with E-state index in [1.807, 2.05) is 18.2 Å². The van der Waals surface area contributed by atoms with Gasteiger partial charge in [-0.1, -0.05) is 44.2 Å². The summed E-state index contributed by atoms with van der Waals surface area (Å²) in [5.74, 6) is -8.32. The molecule has 39 heavy (non-hydrogen) atoms. The molecule has 1 aliphatic heterocycles. The van der Waals surface area contributed by atoms with Crippen LogP contribution in [0.3, 0.4) is 0 Å². The summed E-state index contributed by atoms with van der Waals surface area (Å²) in [5, 5.41) is 9.39. The van der Waals surface area contributed by atoms with Crippen molar-refractivity contribution in [3.05, 3.63) is 59.9 Å². The number of ether oxygens (including phenoxy) is 2. The molecule has 8 heteroatoms. The van der Waals surface area contributed by atoms with Crippen LogP contribution >= 0.6 is 0 Å². The van der Waals surface area contributed by atoms with E-state index < -0.39 is 65.1 Å². The summed E-state index contributed by atoms with van der Waals surface area (Å²) >= 11 is 0. The molecule has 1 aromatic carbocycles. The third-order valence-electron chi connectivity index (χ3n) is 8.13. The summed E-state index contributed by atoms with van der Waals surface area (Å²) < 4.78 is 42.3. The van der Waals surface area contributed by atoms with E-state index in [1.165, 1.54) is 13.8 Å². The van der Waals surface area contributed by atoms with Crippen molar-refractivity contribution in [2.75, 3.05) is 0 Å². The minimum absolute atomic E-state index is 0.524. The maximum atomic E-state index is 15.6. The molecule has 206 valence electrons. The van der Waals surface area contributed by atoms with Crippen LogP contribution in [0.1, 0.15) is 59.2 Å². The molecule has 2 heterocycles. The summed E-state index contributed by atoms with van der Waals surface area (Å²) in [5.41, 5.74) is 0.0241. The van der Waals surface area contributed by atoms with Gasteiger partial charge in [-0.15, -0.1) is 0 Å². The van der Waals surface area contributed by atoms with Crippen molar-refractivity contribution in [2.45, 2.75) is 65.6 Å².